The average Bonchev–Trinajstić information content (AvgIpc) is 3.36. The molecule has 2 amide bonds. The molecule has 2 aromatic rings. The molecule has 3 saturated heterocycles. The maximum atomic E-state index is 13.2. The molecule has 3 aliphatic rings. The molecule has 5 rings (SSSR count). The van der Waals surface area contributed by atoms with Gasteiger partial charge in [-0.1, -0.05) is 0 Å². The second kappa shape index (κ2) is 15.8. The highest BCUT2D eigenvalue weighted by Gasteiger charge is 2.25. The van der Waals surface area contributed by atoms with Crippen LogP contribution < -0.4 is 10.6 Å². The Morgan fingerprint density at radius 1 is 0.884 bits per heavy atom. The van der Waals surface area contributed by atoms with Gasteiger partial charge in [0, 0.05) is 95.6 Å². The lowest BCUT2D eigenvalue weighted by atomic mass is 10.1. The number of rotatable bonds is 7. The molecule has 0 saturated carbocycles. The van der Waals surface area contributed by atoms with Crippen molar-refractivity contribution in [3.05, 3.63) is 30.0 Å². The Labute approximate surface area is 253 Å². The molecule has 13 heteroatoms. The Bertz CT molecular complexity index is 1170. The van der Waals surface area contributed by atoms with Gasteiger partial charge in [-0.2, -0.15) is 0 Å². The summed E-state index contributed by atoms with van der Waals surface area (Å²) in [7, 11) is 0. The van der Waals surface area contributed by atoms with Gasteiger partial charge in [0.1, 0.15) is 5.75 Å². The number of benzene rings is 1. The molecule has 4 heterocycles. The second-order valence-corrected chi connectivity index (χ2v) is 11.5. The van der Waals surface area contributed by atoms with Crippen LogP contribution in [-0.4, -0.2) is 159 Å². The number of carbonyl (C=O) groups excluding carboxylic acids is 2. The number of nitrogens with zero attached hydrogens (tertiary/aromatic N) is 4. The molecule has 3 unspecified atom stereocenters. The molecule has 3 aliphatic heterocycles. The Morgan fingerprint density at radius 3 is 2.07 bits per heavy atom. The van der Waals surface area contributed by atoms with E-state index in [1.807, 2.05) is 19.2 Å². The Hall–Kier alpha value is -2.78. The number of ether oxygens (including phenoxy) is 3. The molecule has 0 radical (unpaired) electrons. The van der Waals surface area contributed by atoms with Gasteiger partial charge in [0.25, 0.3) is 6.48 Å². The third kappa shape index (κ3) is 9.35. The van der Waals surface area contributed by atoms with Crippen molar-refractivity contribution in [1.29, 1.82) is 0 Å². The van der Waals surface area contributed by atoms with Gasteiger partial charge in [0.2, 0.25) is 11.8 Å². The van der Waals surface area contributed by atoms with Crippen molar-refractivity contribution in [1.82, 2.24) is 35.2 Å². The number of nitrogens with one attached hydrogen (secondary N) is 3. The van der Waals surface area contributed by atoms with Crippen LogP contribution in [0.2, 0.25) is 0 Å². The van der Waals surface area contributed by atoms with Gasteiger partial charge in [0.05, 0.1) is 32.4 Å². The number of hydrogen-bond acceptors (Lipinski definition) is 10. The second-order valence-electron chi connectivity index (χ2n) is 11.5. The normalized spacial score (nSPS) is 26.9. The fourth-order valence-electron chi connectivity index (χ4n) is 5.84. The highest BCUT2D eigenvalue weighted by Crippen LogP contribution is 2.23. The molecule has 3 atom stereocenters. The lowest BCUT2D eigenvalue weighted by Gasteiger charge is -2.36. The number of phenols is 1. The summed E-state index contributed by atoms with van der Waals surface area (Å²) in [5.74, 6) is -0.176. The van der Waals surface area contributed by atoms with E-state index in [9.17, 15) is 14.7 Å². The first-order valence-electron chi connectivity index (χ1n) is 15.5. The van der Waals surface area contributed by atoms with Crippen LogP contribution in [0, 0.1) is 0 Å². The number of aromatic nitrogens is 1. The van der Waals surface area contributed by atoms with E-state index >= 15 is 0 Å². The summed E-state index contributed by atoms with van der Waals surface area (Å²) in [6.07, 6.45) is 2.50. The number of aromatic hydroxyl groups is 1. The lowest BCUT2D eigenvalue weighted by molar-refractivity contribution is -0.288. The average molecular weight is 602 g/mol. The quantitative estimate of drug-likeness (QED) is 0.333. The Kier molecular flexibility index (Phi) is 11.6. The predicted molar refractivity (Wildman–Crippen MR) is 162 cm³/mol. The van der Waals surface area contributed by atoms with Crippen LogP contribution in [0.3, 0.4) is 0 Å². The molecule has 13 nitrogen and oxygen atoms in total. The fraction of sp³-hybridized carbons (Fsp3) is 0.667. The summed E-state index contributed by atoms with van der Waals surface area (Å²) in [4.78, 5) is 38.4. The van der Waals surface area contributed by atoms with Gasteiger partial charge in [-0.25, -0.2) is 0 Å². The number of phenolic OH excluding ortho intramolecular Hbond substituents is 1. The monoisotopic (exact) mass is 601 g/mol. The van der Waals surface area contributed by atoms with E-state index in [-0.39, 0.29) is 30.2 Å². The highest BCUT2D eigenvalue weighted by atomic mass is 16.8. The van der Waals surface area contributed by atoms with Gasteiger partial charge in [-0.15, -0.1) is 0 Å². The third-order valence-electron chi connectivity index (χ3n) is 8.67. The topological polar surface area (TPSA) is 135 Å². The van der Waals surface area contributed by atoms with Crippen LogP contribution >= 0.6 is 0 Å². The summed E-state index contributed by atoms with van der Waals surface area (Å²) in [5.41, 5.74) is 1.95. The molecular formula is C30H47N7O6. The zero-order valence-corrected chi connectivity index (χ0v) is 25.3. The molecule has 43 heavy (non-hydrogen) atoms. The minimum atomic E-state index is -0.634. The van der Waals surface area contributed by atoms with Crippen LogP contribution in [0.25, 0.3) is 10.9 Å². The predicted octanol–water partition coefficient (Wildman–Crippen LogP) is -0.381. The summed E-state index contributed by atoms with van der Waals surface area (Å²) >= 11 is 0. The van der Waals surface area contributed by atoms with Gasteiger partial charge in [0.15, 0.2) is 0 Å². The van der Waals surface area contributed by atoms with Crippen LogP contribution in [0.1, 0.15) is 12.5 Å². The van der Waals surface area contributed by atoms with E-state index in [2.05, 4.69) is 35.2 Å². The summed E-state index contributed by atoms with van der Waals surface area (Å²) in [6, 6.07) is 4.81. The van der Waals surface area contributed by atoms with Crippen LogP contribution in [0.15, 0.2) is 24.4 Å². The smallest absolute Gasteiger partial charge is 0.271 e. The van der Waals surface area contributed by atoms with Crippen LogP contribution in [0.4, 0.5) is 0 Å². The van der Waals surface area contributed by atoms with Gasteiger partial charge < -0.3 is 34.9 Å². The minimum absolute atomic E-state index is 0.0717. The minimum Gasteiger partial charge on any atom is -0.508 e. The number of hydrogen-bond donors (Lipinski definition) is 4. The Balaban J connectivity index is 1.13. The molecule has 238 valence electrons. The van der Waals surface area contributed by atoms with Gasteiger partial charge in [-0.3, -0.25) is 29.2 Å². The molecule has 4 N–H and O–H groups in total. The summed E-state index contributed by atoms with van der Waals surface area (Å²) in [5, 5.41) is 16.5. The number of aromatic amines is 1. The van der Waals surface area contributed by atoms with E-state index < -0.39 is 6.48 Å². The highest BCUT2D eigenvalue weighted by molar-refractivity contribution is 5.87. The first-order chi connectivity index (χ1) is 20.9. The van der Waals surface area contributed by atoms with E-state index in [4.69, 9.17) is 14.2 Å². The molecular weight excluding hydrogens is 554 g/mol. The standard InChI is InChI=1S/C30H47N7O6/c1-23(29(40)33-22-28(39)31-5-4-24-21-32-27-3-2-25(38)20-26(24)27)37-12-10-35-8-6-34-7-9-36(11-13-37)16-19-43-30(41-17-14-34)42-18-15-35/h2-3,20-21,23,30,32,38H,4-19,22H2,1H3,(H,31,39)(H,33,40). The van der Waals surface area contributed by atoms with E-state index in [1.165, 1.54) is 0 Å². The number of fused-ring (bicyclic) bond motifs is 8. The van der Waals surface area contributed by atoms with Crippen molar-refractivity contribution in [2.24, 2.45) is 0 Å². The van der Waals surface area contributed by atoms with Crippen molar-refractivity contribution in [3.8, 4) is 5.75 Å². The van der Waals surface area contributed by atoms with Crippen molar-refractivity contribution < 1.29 is 28.9 Å². The largest absolute Gasteiger partial charge is 0.508 e. The van der Waals surface area contributed by atoms with Gasteiger partial charge >= 0.3 is 0 Å². The van der Waals surface area contributed by atoms with E-state index in [1.54, 1.807) is 12.1 Å². The molecule has 0 aliphatic carbocycles. The molecule has 0 spiro atoms. The van der Waals surface area contributed by atoms with Gasteiger partial charge in [-0.05, 0) is 37.1 Å². The maximum Gasteiger partial charge on any atom is 0.271 e. The first kappa shape index (κ1) is 31.6. The Morgan fingerprint density at radius 2 is 1.47 bits per heavy atom. The molecule has 4 bridgehead atoms. The number of H-pyrrole nitrogens is 1. The zero-order chi connectivity index (χ0) is 30.0. The third-order valence-corrected chi connectivity index (χ3v) is 8.67. The van der Waals surface area contributed by atoms with Crippen molar-refractivity contribution >= 4 is 22.7 Å². The van der Waals surface area contributed by atoms with Crippen molar-refractivity contribution in [2.75, 3.05) is 105 Å². The maximum absolute atomic E-state index is 13.2. The van der Waals surface area contributed by atoms with Crippen LogP contribution in [0.5, 0.6) is 5.75 Å². The van der Waals surface area contributed by atoms with E-state index in [0.29, 0.717) is 32.8 Å². The number of amides is 2. The van der Waals surface area contributed by atoms with Crippen molar-refractivity contribution in [3.63, 3.8) is 0 Å². The summed E-state index contributed by atoms with van der Waals surface area (Å²) in [6.45, 7) is 12.5. The number of carbonyl (C=O) groups is 2. The zero-order valence-electron chi connectivity index (χ0n) is 25.3. The first-order valence-corrected chi connectivity index (χ1v) is 15.5. The lowest BCUT2D eigenvalue weighted by Crippen LogP contribution is -2.53. The van der Waals surface area contributed by atoms with Crippen molar-refractivity contribution in [2.45, 2.75) is 25.9 Å². The fourth-order valence-corrected chi connectivity index (χ4v) is 5.84. The molecule has 1 aromatic carbocycles. The van der Waals surface area contributed by atoms with Crippen LogP contribution in [-0.2, 0) is 30.2 Å². The molecule has 1 aromatic heterocycles. The van der Waals surface area contributed by atoms with E-state index in [0.717, 1.165) is 88.5 Å². The summed E-state index contributed by atoms with van der Waals surface area (Å²) < 4.78 is 17.7. The molecule has 3 fully saturated rings. The SMILES string of the molecule is CC(C(=O)NCC(=O)NCCc1c[nH]c2ccc(O)cc12)N1CCN2CCOC3OCCN(CC2)CCN(CCO3)CC1.